The van der Waals surface area contributed by atoms with Gasteiger partial charge >= 0.3 is 0 Å². The molecule has 1 amide bonds. The van der Waals surface area contributed by atoms with Crippen molar-refractivity contribution >= 4 is 45.9 Å². The molecule has 1 N–H and O–H groups in total. The van der Waals surface area contributed by atoms with Crippen LogP contribution >= 0.6 is 23.4 Å². The van der Waals surface area contributed by atoms with Crippen LogP contribution in [-0.4, -0.2) is 21.2 Å². The number of carbonyl (C=O) groups is 1. The summed E-state index contributed by atoms with van der Waals surface area (Å²) in [5.41, 5.74) is 0.560. The minimum atomic E-state index is -0.556. The van der Waals surface area contributed by atoms with Crippen LogP contribution in [0.3, 0.4) is 0 Å². The van der Waals surface area contributed by atoms with E-state index < -0.39 is 11.7 Å². The summed E-state index contributed by atoms with van der Waals surface area (Å²) in [7, 11) is 0. The highest BCUT2D eigenvalue weighted by Crippen LogP contribution is 2.32. The van der Waals surface area contributed by atoms with E-state index in [0.717, 1.165) is 25.7 Å². The van der Waals surface area contributed by atoms with Crippen LogP contribution in [0.15, 0.2) is 52.4 Å². The lowest BCUT2D eigenvalue weighted by Gasteiger charge is -2.18. The molecule has 2 aromatic carbocycles. The average molecular weight is 432 g/mol. The van der Waals surface area contributed by atoms with E-state index in [2.05, 4.69) is 10.3 Å². The van der Waals surface area contributed by atoms with E-state index in [1.165, 1.54) is 30.0 Å². The van der Waals surface area contributed by atoms with Crippen LogP contribution in [0.25, 0.3) is 10.9 Å². The zero-order valence-electron chi connectivity index (χ0n) is 15.5. The van der Waals surface area contributed by atoms with Crippen molar-refractivity contribution in [1.82, 2.24) is 9.55 Å². The van der Waals surface area contributed by atoms with Gasteiger partial charge in [0.05, 0.1) is 22.3 Å². The first-order valence-corrected chi connectivity index (χ1v) is 10.8. The minimum absolute atomic E-state index is 0.00343. The third-order valence-electron chi connectivity index (χ3n) is 5.00. The Morgan fingerprint density at radius 3 is 2.79 bits per heavy atom. The minimum Gasteiger partial charge on any atom is -0.323 e. The number of hydrogen-bond donors (Lipinski definition) is 1. The van der Waals surface area contributed by atoms with Gasteiger partial charge in [0.1, 0.15) is 5.82 Å². The summed E-state index contributed by atoms with van der Waals surface area (Å²) < 4.78 is 15.6. The first kappa shape index (κ1) is 19.9. The van der Waals surface area contributed by atoms with Gasteiger partial charge in [-0.3, -0.25) is 14.2 Å². The van der Waals surface area contributed by atoms with Crippen LogP contribution in [0.5, 0.6) is 0 Å². The Labute approximate surface area is 176 Å². The van der Waals surface area contributed by atoms with E-state index in [1.54, 1.807) is 16.7 Å². The molecule has 1 saturated carbocycles. The van der Waals surface area contributed by atoms with Gasteiger partial charge in [0.25, 0.3) is 5.56 Å². The fraction of sp³-hybridized carbons (Fsp3) is 0.286. The highest BCUT2D eigenvalue weighted by Gasteiger charge is 2.23. The van der Waals surface area contributed by atoms with Gasteiger partial charge in [0.15, 0.2) is 5.16 Å². The predicted octanol–water partition coefficient (Wildman–Crippen LogP) is 5.03. The molecule has 1 heterocycles. The van der Waals surface area contributed by atoms with Crippen molar-refractivity contribution in [3.8, 4) is 0 Å². The SMILES string of the molecule is O=C(CSc1nc2ccccc2c(=O)n1C1CCCC1)Nc1cc(Cl)ccc1F. The first-order valence-electron chi connectivity index (χ1n) is 9.42. The maximum absolute atomic E-state index is 13.9. The molecule has 8 heteroatoms. The maximum atomic E-state index is 13.9. The number of halogens is 2. The normalized spacial score (nSPS) is 14.4. The van der Waals surface area contributed by atoms with Crippen LogP contribution in [0, 0.1) is 5.82 Å². The molecule has 1 fully saturated rings. The lowest BCUT2D eigenvalue weighted by molar-refractivity contribution is -0.113. The van der Waals surface area contributed by atoms with Gasteiger partial charge in [-0.05, 0) is 43.2 Å². The fourth-order valence-electron chi connectivity index (χ4n) is 3.62. The second kappa shape index (κ2) is 8.55. The molecule has 0 bridgehead atoms. The van der Waals surface area contributed by atoms with E-state index in [4.69, 9.17) is 11.6 Å². The van der Waals surface area contributed by atoms with E-state index in [-0.39, 0.29) is 23.0 Å². The average Bonchev–Trinajstić information content (AvgIpc) is 3.23. The second-order valence-corrected chi connectivity index (χ2v) is 8.36. The third-order valence-corrected chi connectivity index (χ3v) is 6.19. The van der Waals surface area contributed by atoms with Gasteiger partial charge in [-0.1, -0.05) is 48.3 Å². The Bertz CT molecular complexity index is 1130. The molecule has 3 aromatic rings. The molecule has 0 atom stereocenters. The zero-order valence-corrected chi connectivity index (χ0v) is 17.1. The Morgan fingerprint density at radius 1 is 1.24 bits per heavy atom. The summed E-state index contributed by atoms with van der Waals surface area (Å²) >= 11 is 7.05. The van der Waals surface area contributed by atoms with E-state index in [9.17, 15) is 14.0 Å². The highest BCUT2D eigenvalue weighted by atomic mass is 35.5. The molecule has 29 heavy (non-hydrogen) atoms. The molecule has 1 aliphatic carbocycles. The number of benzene rings is 2. The zero-order chi connectivity index (χ0) is 20.4. The summed E-state index contributed by atoms with van der Waals surface area (Å²) in [4.78, 5) is 30.1. The van der Waals surface area contributed by atoms with Crippen molar-refractivity contribution in [3.63, 3.8) is 0 Å². The molecule has 1 aliphatic rings. The summed E-state index contributed by atoms with van der Waals surface area (Å²) in [6.45, 7) is 0. The van der Waals surface area contributed by atoms with Crippen LogP contribution < -0.4 is 10.9 Å². The number of fused-ring (bicyclic) bond motifs is 1. The molecule has 0 spiro atoms. The number of rotatable bonds is 5. The van der Waals surface area contributed by atoms with Crippen molar-refractivity contribution in [3.05, 3.63) is 63.7 Å². The van der Waals surface area contributed by atoms with Crippen molar-refractivity contribution in [2.45, 2.75) is 36.9 Å². The van der Waals surface area contributed by atoms with Gasteiger partial charge in [0.2, 0.25) is 5.91 Å². The Balaban J connectivity index is 1.59. The monoisotopic (exact) mass is 431 g/mol. The van der Waals surface area contributed by atoms with Crippen LogP contribution in [0.2, 0.25) is 5.02 Å². The maximum Gasteiger partial charge on any atom is 0.262 e. The Hall–Kier alpha value is -2.38. The molecule has 1 aromatic heterocycles. The van der Waals surface area contributed by atoms with Crippen molar-refractivity contribution in [2.75, 3.05) is 11.1 Å². The number of thioether (sulfide) groups is 1. The van der Waals surface area contributed by atoms with E-state index >= 15 is 0 Å². The molecule has 4 rings (SSSR count). The van der Waals surface area contributed by atoms with Gasteiger partial charge in [-0.15, -0.1) is 0 Å². The van der Waals surface area contributed by atoms with Crippen LogP contribution in [0.1, 0.15) is 31.7 Å². The summed E-state index contributed by atoms with van der Waals surface area (Å²) in [6.07, 6.45) is 3.99. The Morgan fingerprint density at radius 2 is 2.00 bits per heavy atom. The number of aromatic nitrogens is 2. The fourth-order valence-corrected chi connectivity index (χ4v) is 4.66. The number of carbonyl (C=O) groups excluding carboxylic acids is 1. The molecule has 0 saturated heterocycles. The number of amides is 1. The molecular weight excluding hydrogens is 413 g/mol. The topological polar surface area (TPSA) is 64.0 Å². The highest BCUT2D eigenvalue weighted by molar-refractivity contribution is 7.99. The first-order chi connectivity index (χ1) is 14.0. The lowest BCUT2D eigenvalue weighted by atomic mass is 10.2. The third kappa shape index (κ3) is 4.31. The van der Waals surface area contributed by atoms with Gasteiger partial charge < -0.3 is 5.32 Å². The Kier molecular flexibility index (Phi) is 5.87. The molecule has 0 unspecified atom stereocenters. The van der Waals surface area contributed by atoms with Gasteiger partial charge in [-0.25, -0.2) is 9.37 Å². The number of nitrogens with zero attached hydrogens (tertiary/aromatic N) is 2. The van der Waals surface area contributed by atoms with E-state index in [1.807, 2.05) is 12.1 Å². The van der Waals surface area contributed by atoms with Gasteiger partial charge in [0, 0.05) is 11.1 Å². The second-order valence-electron chi connectivity index (χ2n) is 6.99. The van der Waals surface area contributed by atoms with Crippen molar-refractivity contribution in [1.29, 1.82) is 0 Å². The molecule has 150 valence electrons. The van der Waals surface area contributed by atoms with Crippen LogP contribution in [0.4, 0.5) is 10.1 Å². The summed E-state index contributed by atoms with van der Waals surface area (Å²) in [5, 5.41) is 3.96. The van der Waals surface area contributed by atoms with Crippen molar-refractivity contribution in [2.24, 2.45) is 0 Å². The van der Waals surface area contributed by atoms with Crippen molar-refractivity contribution < 1.29 is 9.18 Å². The standard InChI is InChI=1S/C21H19ClFN3O2S/c22-13-9-10-16(23)18(11-13)24-19(27)12-29-21-25-17-8-4-3-7-15(17)20(28)26(21)14-5-1-2-6-14/h3-4,7-11,14H,1-2,5-6,12H2,(H,24,27). The number of anilines is 1. The summed E-state index contributed by atoms with van der Waals surface area (Å²) in [5.74, 6) is -0.945. The molecule has 0 aliphatic heterocycles. The van der Waals surface area contributed by atoms with E-state index in [0.29, 0.717) is 21.1 Å². The number of nitrogens with one attached hydrogen (secondary N) is 1. The molecule has 5 nitrogen and oxygen atoms in total. The van der Waals surface area contributed by atoms with Crippen LogP contribution in [-0.2, 0) is 4.79 Å². The quantitative estimate of drug-likeness (QED) is 0.454. The molecule has 0 radical (unpaired) electrons. The smallest absolute Gasteiger partial charge is 0.262 e. The number of hydrogen-bond acceptors (Lipinski definition) is 4. The summed E-state index contributed by atoms with van der Waals surface area (Å²) in [6, 6.07) is 11.3. The lowest BCUT2D eigenvalue weighted by Crippen LogP contribution is -2.27. The van der Waals surface area contributed by atoms with Gasteiger partial charge in [-0.2, -0.15) is 0 Å². The largest absolute Gasteiger partial charge is 0.323 e. The molecular formula is C21H19ClFN3O2S. The number of para-hydroxylation sites is 1. The predicted molar refractivity (Wildman–Crippen MR) is 114 cm³/mol.